The summed E-state index contributed by atoms with van der Waals surface area (Å²) in [6.45, 7) is 2.28. The predicted molar refractivity (Wildman–Crippen MR) is 111 cm³/mol. The van der Waals surface area contributed by atoms with E-state index in [9.17, 15) is 9.90 Å². The number of quaternary nitrogens is 1. The van der Waals surface area contributed by atoms with E-state index >= 15 is 0 Å². The van der Waals surface area contributed by atoms with E-state index in [1.165, 1.54) is 89.9 Å². The maximum atomic E-state index is 11.2. The van der Waals surface area contributed by atoms with Crippen molar-refractivity contribution in [1.29, 1.82) is 0 Å². The van der Waals surface area contributed by atoms with E-state index in [4.69, 9.17) is 0 Å². The molecule has 0 heterocycles. The van der Waals surface area contributed by atoms with E-state index in [1.54, 1.807) is 0 Å². The fraction of sp³-hybridized carbons (Fsp3) is 0.957. The van der Waals surface area contributed by atoms with Crippen LogP contribution in [0.25, 0.3) is 0 Å². The average molecular weight is 370 g/mol. The van der Waals surface area contributed by atoms with E-state index < -0.39 is 5.97 Å². The molecule has 0 rings (SSSR count). The molecule has 0 aromatic rings. The van der Waals surface area contributed by atoms with Crippen molar-refractivity contribution in [2.45, 2.75) is 122 Å². The first-order valence-electron chi connectivity index (χ1n) is 11.4. The topological polar surface area (TPSA) is 40.1 Å². The first-order valence-corrected chi connectivity index (χ1v) is 11.4. The van der Waals surface area contributed by atoms with Gasteiger partial charge in [-0.15, -0.1) is 0 Å². The molecule has 1 unspecified atom stereocenters. The lowest BCUT2D eigenvalue weighted by atomic mass is 10.0. The zero-order valence-corrected chi connectivity index (χ0v) is 18.4. The van der Waals surface area contributed by atoms with Gasteiger partial charge in [-0.1, -0.05) is 103 Å². The maximum Gasteiger partial charge on any atom is 0.129 e. The summed E-state index contributed by atoms with van der Waals surface area (Å²) < 4.78 is 0.459. The van der Waals surface area contributed by atoms with Crippen molar-refractivity contribution in [1.82, 2.24) is 0 Å². The summed E-state index contributed by atoms with van der Waals surface area (Å²) in [4.78, 5) is 11.2. The monoisotopic (exact) mass is 369 g/mol. The number of carbonyl (C=O) groups excluding carboxylic acids is 1. The highest BCUT2D eigenvalue weighted by atomic mass is 16.4. The number of hydrogen-bond donors (Lipinski definition) is 0. The van der Waals surface area contributed by atoms with Crippen LogP contribution in [-0.4, -0.2) is 37.6 Å². The highest BCUT2D eigenvalue weighted by Gasteiger charge is 2.24. The second-order valence-corrected chi connectivity index (χ2v) is 9.04. The van der Waals surface area contributed by atoms with Crippen molar-refractivity contribution in [2.75, 3.05) is 21.1 Å². The SMILES string of the molecule is CCCCCCCCCCCCCCCCCCC(C(=O)[O-])[N+](C)(C)C. The second kappa shape index (κ2) is 16.6. The van der Waals surface area contributed by atoms with E-state index in [2.05, 4.69) is 6.92 Å². The van der Waals surface area contributed by atoms with Gasteiger partial charge < -0.3 is 14.4 Å². The third kappa shape index (κ3) is 15.7. The Labute approximate surface area is 164 Å². The molecule has 0 N–H and O–H groups in total. The zero-order chi connectivity index (χ0) is 19.7. The first-order chi connectivity index (χ1) is 12.4. The van der Waals surface area contributed by atoms with Crippen LogP contribution < -0.4 is 5.11 Å². The summed E-state index contributed by atoms with van der Waals surface area (Å²) in [6, 6.07) is -0.373. The van der Waals surface area contributed by atoms with Gasteiger partial charge in [0.1, 0.15) is 6.04 Å². The standard InChI is InChI=1S/C23H47NO2/c1-5-6-7-8-9-10-11-12-13-14-15-16-17-18-19-20-21-22(23(25)26)24(2,3)4/h22H,5-21H2,1-4H3. The predicted octanol–water partition coefficient (Wildman–Crippen LogP) is 5.46. The fourth-order valence-electron chi connectivity index (χ4n) is 3.71. The van der Waals surface area contributed by atoms with Crippen LogP contribution in [0.2, 0.25) is 0 Å². The Balaban J connectivity index is 3.30. The van der Waals surface area contributed by atoms with E-state index in [0.29, 0.717) is 4.48 Å². The smallest absolute Gasteiger partial charge is 0.129 e. The maximum absolute atomic E-state index is 11.2. The molecule has 0 aromatic heterocycles. The Morgan fingerprint density at radius 1 is 0.654 bits per heavy atom. The highest BCUT2D eigenvalue weighted by molar-refractivity contribution is 5.69. The molecule has 0 spiro atoms. The van der Waals surface area contributed by atoms with Crippen LogP contribution in [0.1, 0.15) is 116 Å². The van der Waals surface area contributed by atoms with Crippen LogP contribution in [0.3, 0.4) is 0 Å². The van der Waals surface area contributed by atoms with Gasteiger partial charge >= 0.3 is 0 Å². The molecule has 3 nitrogen and oxygen atoms in total. The molecule has 0 fully saturated rings. The summed E-state index contributed by atoms with van der Waals surface area (Å²) in [7, 11) is 5.81. The lowest BCUT2D eigenvalue weighted by molar-refractivity contribution is -0.889. The molecule has 0 aromatic carbocycles. The number of nitrogens with zero attached hydrogens (tertiary/aromatic N) is 1. The fourth-order valence-corrected chi connectivity index (χ4v) is 3.71. The van der Waals surface area contributed by atoms with Crippen molar-refractivity contribution in [3.05, 3.63) is 0 Å². The van der Waals surface area contributed by atoms with E-state index in [-0.39, 0.29) is 6.04 Å². The van der Waals surface area contributed by atoms with E-state index in [0.717, 1.165) is 19.3 Å². The molecular weight excluding hydrogens is 322 g/mol. The van der Waals surface area contributed by atoms with Crippen LogP contribution in [0.5, 0.6) is 0 Å². The Morgan fingerprint density at radius 2 is 0.962 bits per heavy atom. The third-order valence-corrected chi connectivity index (χ3v) is 5.54. The summed E-state index contributed by atoms with van der Waals surface area (Å²) in [5.74, 6) is -0.904. The lowest BCUT2D eigenvalue weighted by Gasteiger charge is -2.34. The molecule has 0 aliphatic rings. The van der Waals surface area contributed by atoms with E-state index in [1.807, 2.05) is 21.1 Å². The molecule has 0 aliphatic carbocycles. The number of aliphatic carboxylic acids is 1. The Kier molecular flexibility index (Phi) is 16.2. The minimum atomic E-state index is -0.904. The Morgan fingerprint density at radius 3 is 1.23 bits per heavy atom. The zero-order valence-electron chi connectivity index (χ0n) is 18.4. The molecule has 0 saturated heterocycles. The third-order valence-electron chi connectivity index (χ3n) is 5.54. The van der Waals surface area contributed by atoms with Crippen LogP contribution in [0.4, 0.5) is 0 Å². The molecule has 0 saturated carbocycles. The summed E-state index contributed by atoms with van der Waals surface area (Å²) in [5, 5.41) is 11.2. The quantitative estimate of drug-likeness (QED) is 0.224. The van der Waals surface area contributed by atoms with Crippen molar-refractivity contribution < 1.29 is 14.4 Å². The Bertz CT molecular complexity index is 323. The summed E-state index contributed by atoms with van der Waals surface area (Å²) in [5.41, 5.74) is 0. The number of unbranched alkanes of at least 4 members (excludes halogenated alkanes) is 15. The molecule has 0 radical (unpaired) electrons. The van der Waals surface area contributed by atoms with Crippen molar-refractivity contribution in [2.24, 2.45) is 0 Å². The summed E-state index contributed by atoms with van der Waals surface area (Å²) in [6.07, 6.45) is 22.3. The minimum absolute atomic E-state index is 0.373. The molecule has 0 amide bonds. The molecular formula is C23H47NO2. The van der Waals surface area contributed by atoms with Gasteiger partial charge in [-0.3, -0.25) is 0 Å². The molecule has 3 heteroatoms. The van der Waals surface area contributed by atoms with Gasteiger partial charge in [-0.05, 0) is 6.42 Å². The van der Waals surface area contributed by atoms with Gasteiger partial charge in [0.15, 0.2) is 0 Å². The van der Waals surface area contributed by atoms with Crippen molar-refractivity contribution in [3.63, 3.8) is 0 Å². The summed E-state index contributed by atoms with van der Waals surface area (Å²) >= 11 is 0. The number of rotatable bonds is 19. The van der Waals surface area contributed by atoms with Crippen LogP contribution in [0.15, 0.2) is 0 Å². The molecule has 1 atom stereocenters. The number of carboxylic acid groups (broad SMARTS) is 1. The number of carboxylic acids is 1. The molecule has 0 bridgehead atoms. The van der Waals surface area contributed by atoms with Crippen LogP contribution in [-0.2, 0) is 4.79 Å². The lowest BCUT2D eigenvalue weighted by Crippen LogP contribution is -2.54. The van der Waals surface area contributed by atoms with Gasteiger partial charge in [-0.25, -0.2) is 0 Å². The normalized spacial score (nSPS) is 13.1. The van der Waals surface area contributed by atoms with Gasteiger partial charge in [0.25, 0.3) is 0 Å². The first kappa shape index (κ1) is 25.4. The van der Waals surface area contributed by atoms with Gasteiger partial charge in [0, 0.05) is 6.42 Å². The van der Waals surface area contributed by atoms with Gasteiger partial charge in [0.2, 0.25) is 0 Å². The van der Waals surface area contributed by atoms with Crippen molar-refractivity contribution in [3.8, 4) is 0 Å². The van der Waals surface area contributed by atoms with Gasteiger partial charge in [-0.2, -0.15) is 0 Å². The molecule has 156 valence electrons. The average Bonchev–Trinajstić information content (AvgIpc) is 2.56. The molecule has 0 aliphatic heterocycles. The molecule has 26 heavy (non-hydrogen) atoms. The van der Waals surface area contributed by atoms with Gasteiger partial charge in [0.05, 0.1) is 27.1 Å². The van der Waals surface area contributed by atoms with Crippen molar-refractivity contribution >= 4 is 5.97 Å². The second-order valence-electron chi connectivity index (χ2n) is 9.04. The number of likely N-dealkylation sites (N-methyl/N-ethyl adjacent to an activating group) is 1. The number of hydrogen-bond acceptors (Lipinski definition) is 2. The number of carbonyl (C=O) groups is 1. The largest absolute Gasteiger partial charge is 0.544 e. The Hall–Kier alpha value is -0.570. The van der Waals surface area contributed by atoms with Crippen LogP contribution in [0, 0.1) is 0 Å². The minimum Gasteiger partial charge on any atom is -0.544 e. The highest BCUT2D eigenvalue weighted by Crippen LogP contribution is 2.16. The van der Waals surface area contributed by atoms with Crippen LogP contribution >= 0.6 is 0 Å².